The van der Waals surface area contributed by atoms with Crippen molar-refractivity contribution in [1.82, 2.24) is 4.90 Å². The molecule has 0 unspecified atom stereocenters. The van der Waals surface area contributed by atoms with Crippen LogP contribution in [0.1, 0.15) is 142 Å². The Kier molecular flexibility index (Phi) is 29.9. The number of carboxylic acid groups (broad SMARTS) is 1. The summed E-state index contributed by atoms with van der Waals surface area (Å²) in [5, 5.41) is 11.0. The minimum absolute atomic E-state index is 0. The average molecular weight is 434 g/mol. The predicted molar refractivity (Wildman–Crippen MR) is 125 cm³/mol. The van der Waals surface area contributed by atoms with Crippen molar-refractivity contribution in [2.45, 2.75) is 142 Å². The van der Waals surface area contributed by atoms with E-state index >= 15 is 0 Å². The fourth-order valence-corrected chi connectivity index (χ4v) is 4.10. The van der Waals surface area contributed by atoms with Crippen molar-refractivity contribution in [3.63, 3.8) is 0 Å². The maximum Gasteiger partial charge on any atom is 1.00 e. The van der Waals surface area contributed by atoms with E-state index in [1.54, 1.807) is 0 Å². The second-order valence-corrected chi connectivity index (χ2v) is 9.01. The van der Waals surface area contributed by atoms with Crippen LogP contribution in [0.4, 0.5) is 0 Å². The number of hydrogen-bond donors (Lipinski definition) is 0. The summed E-state index contributed by atoms with van der Waals surface area (Å²) in [6, 6.07) is 0. The van der Waals surface area contributed by atoms with E-state index in [1.807, 2.05) is 0 Å². The van der Waals surface area contributed by atoms with Crippen molar-refractivity contribution < 1.29 is 39.5 Å². The van der Waals surface area contributed by atoms with Gasteiger partial charge in [-0.25, -0.2) is 0 Å². The van der Waals surface area contributed by atoms with E-state index in [0.29, 0.717) is 0 Å². The summed E-state index contributed by atoms with van der Waals surface area (Å²) in [6.45, 7) is 6.47. The van der Waals surface area contributed by atoms with Crippen LogP contribution in [0.15, 0.2) is 0 Å². The maximum atomic E-state index is 11.0. The Balaban J connectivity index is 0. The molecular formula is C26H52NNaO2. The van der Waals surface area contributed by atoms with Gasteiger partial charge in [0.25, 0.3) is 0 Å². The van der Waals surface area contributed by atoms with Crippen LogP contribution in [0.5, 0.6) is 0 Å². The second kappa shape index (κ2) is 27.5. The van der Waals surface area contributed by atoms with Crippen molar-refractivity contribution in [3.05, 3.63) is 0 Å². The molecule has 0 fully saturated rings. The molecule has 0 bridgehead atoms. The van der Waals surface area contributed by atoms with E-state index in [2.05, 4.69) is 18.7 Å². The fourth-order valence-electron chi connectivity index (χ4n) is 4.10. The quantitative estimate of drug-likeness (QED) is 0.171. The summed E-state index contributed by atoms with van der Waals surface area (Å²) >= 11 is 0. The zero-order valence-corrected chi connectivity index (χ0v) is 23.0. The first-order valence-electron chi connectivity index (χ1n) is 13.1. The first-order valence-corrected chi connectivity index (χ1v) is 13.1. The molecule has 4 heteroatoms. The van der Waals surface area contributed by atoms with E-state index < -0.39 is 5.97 Å². The molecular weight excluding hydrogens is 381 g/mol. The molecule has 0 radical (unpaired) electrons. The first kappa shape index (κ1) is 32.6. The van der Waals surface area contributed by atoms with Crippen LogP contribution in [0.25, 0.3) is 0 Å². The number of hydrogen-bond acceptors (Lipinski definition) is 3. The molecule has 0 aromatic carbocycles. The van der Waals surface area contributed by atoms with Gasteiger partial charge in [0.05, 0.1) is 5.97 Å². The van der Waals surface area contributed by atoms with Gasteiger partial charge in [0.1, 0.15) is 0 Å². The molecule has 0 N–H and O–H groups in total. The summed E-state index contributed by atoms with van der Waals surface area (Å²) in [7, 11) is 0. The SMILES string of the molecule is CCCCCCCCCCCCN(CCCCCCCCCCCC)CC(=O)[O-].[Na+]. The smallest absolute Gasteiger partial charge is 0.549 e. The first-order chi connectivity index (χ1) is 14.2. The van der Waals surface area contributed by atoms with E-state index in [9.17, 15) is 9.90 Å². The number of unbranched alkanes of at least 4 members (excludes halogenated alkanes) is 18. The number of rotatable bonds is 24. The summed E-state index contributed by atoms with van der Waals surface area (Å²) in [5.41, 5.74) is 0. The van der Waals surface area contributed by atoms with E-state index in [4.69, 9.17) is 0 Å². The van der Waals surface area contributed by atoms with Gasteiger partial charge in [0.15, 0.2) is 0 Å². The molecule has 3 nitrogen and oxygen atoms in total. The third-order valence-electron chi connectivity index (χ3n) is 6.01. The molecule has 0 atom stereocenters. The molecule has 0 aromatic heterocycles. The molecule has 174 valence electrons. The molecule has 0 spiro atoms. The summed E-state index contributed by atoms with van der Waals surface area (Å²) in [6.07, 6.45) is 26.5. The molecule has 30 heavy (non-hydrogen) atoms. The fraction of sp³-hybridized carbons (Fsp3) is 0.962. The van der Waals surface area contributed by atoms with Crippen LogP contribution in [-0.2, 0) is 4.79 Å². The molecule has 0 aliphatic rings. The number of carbonyl (C=O) groups excluding carboxylic acids is 1. The van der Waals surface area contributed by atoms with Gasteiger partial charge in [-0.05, 0) is 25.9 Å². The van der Waals surface area contributed by atoms with E-state index in [0.717, 1.165) is 25.9 Å². The van der Waals surface area contributed by atoms with E-state index in [1.165, 1.54) is 116 Å². The minimum Gasteiger partial charge on any atom is -0.549 e. The van der Waals surface area contributed by atoms with Crippen molar-refractivity contribution in [3.8, 4) is 0 Å². The third kappa shape index (κ3) is 26.5. The number of aliphatic carboxylic acids is 1. The van der Waals surface area contributed by atoms with Crippen LogP contribution in [0.3, 0.4) is 0 Å². The Labute approximate surface area is 211 Å². The Morgan fingerprint density at radius 1 is 0.533 bits per heavy atom. The van der Waals surface area contributed by atoms with Crippen LogP contribution in [-0.4, -0.2) is 30.5 Å². The van der Waals surface area contributed by atoms with Crippen LogP contribution in [0, 0.1) is 0 Å². The zero-order chi connectivity index (χ0) is 21.4. The molecule has 0 aromatic rings. The van der Waals surface area contributed by atoms with Crippen molar-refractivity contribution in [2.24, 2.45) is 0 Å². The molecule has 0 rings (SSSR count). The van der Waals surface area contributed by atoms with Crippen molar-refractivity contribution in [1.29, 1.82) is 0 Å². The monoisotopic (exact) mass is 433 g/mol. The summed E-state index contributed by atoms with van der Waals surface area (Å²) < 4.78 is 0. The van der Waals surface area contributed by atoms with Crippen molar-refractivity contribution in [2.75, 3.05) is 19.6 Å². The molecule has 0 amide bonds. The molecule has 0 saturated heterocycles. The maximum absolute atomic E-state index is 11.0. The van der Waals surface area contributed by atoms with Crippen LogP contribution >= 0.6 is 0 Å². The molecule has 0 aliphatic carbocycles. The largest absolute Gasteiger partial charge is 1.00 e. The van der Waals surface area contributed by atoms with E-state index in [-0.39, 0.29) is 36.1 Å². The number of nitrogens with zero attached hydrogens (tertiary/aromatic N) is 1. The topological polar surface area (TPSA) is 43.4 Å². The second-order valence-electron chi connectivity index (χ2n) is 9.01. The number of carboxylic acids is 1. The third-order valence-corrected chi connectivity index (χ3v) is 6.01. The van der Waals surface area contributed by atoms with Crippen LogP contribution in [0.2, 0.25) is 0 Å². The molecule has 0 saturated carbocycles. The van der Waals surface area contributed by atoms with Gasteiger partial charge >= 0.3 is 29.6 Å². The number of carbonyl (C=O) groups is 1. The van der Waals surface area contributed by atoms with Gasteiger partial charge in [-0.3, -0.25) is 4.90 Å². The molecule has 0 heterocycles. The normalized spacial score (nSPS) is 11.0. The van der Waals surface area contributed by atoms with Crippen molar-refractivity contribution >= 4 is 5.97 Å². The molecule has 0 aliphatic heterocycles. The average Bonchev–Trinajstić information content (AvgIpc) is 2.70. The zero-order valence-electron chi connectivity index (χ0n) is 21.0. The Bertz CT molecular complexity index is 315. The minimum atomic E-state index is -0.927. The Morgan fingerprint density at radius 2 is 0.800 bits per heavy atom. The van der Waals surface area contributed by atoms with Gasteiger partial charge in [-0.1, -0.05) is 129 Å². The van der Waals surface area contributed by atoms with Gasteiger partial charge in [-0.2, -0.15) is 0 Å². The predicted octanol–water partition coefficient (Wildman–Crippen LogP) is 3.88. The Hall–Kier alpha value is 0.430. The summed E-state index contributed by atoms with van der Waals surface area (Å²) in [4.78, 5) is 13.1. The standard InChI is InChI=1S/C26H53NO2.Na/c1-3-5-7-9-11-13-15-17-19-21-23-27(25-26(28)29)24-22-20-18-16-14-12-10-8-6-4-2;/h3-25H2,1-2H3,(H,28,29);/q;+1/p-1. The Morgan fingerprint density at radius 3 is 1.07 bits per heavy atom. The van der Waals surface area contributed by atoms with Gasteiger partial charge in [0, 0.05) is 6.54 Å². The van der Waals surface area contributed by atoms with Gasteiger partial charge in [0.2, 0.25) is 0 Å². The summed E-state index contributed by atoms with van der Waals surface area (Å²) in [5.74, 6) is -0.927. The van der Waals surface area contributed by atoms with Crippen LogP contribution < -0.4 is 34.7 Å². The van der Waals surface area contributed by atoms with Gasteiger partial charge < -0.3 is 9.90 Å². The van der Waals surface area contributed by atoms with Gasteiger partial charge in [-0.15, -0.1) is 0 Å².